The largest absolute Gasteiger partial charge is 0.450 e. The number of ether oxygens (including phenoxy) is 1. The summed E-state index contributed by atoms with van der Waals surface area (Å²) in [5.74, 6) is 1.04. The molecule has 0 unspecified atom stereocenters. The van der Waals surface area contributed by atoms with Crippen molar-refractivity contribution in [1.29, 1.82) is 0 Å². The Morgan fingerprint density at radius 2 is 2.08 bits per heavy atom. The first-order valence-corrected chi connectivity index (χ1v) is 9.69. The smallest absolute Gasteiger partial charge is 0.407 e. The summed E-state index contributed by atoms with van der Waals surface area (Å²) in [6.07, 6.45) is 4.13. The Bertz CT molecular complexity index is 810. The molecule has 1 aliphatic heterocycles. The molecule has 1 spiro atoms. The van der Waals surface area contributed by atoms with Gasteiger partial charge in [-0.3, -0.25) is 0 Å². The van der Waals surface area contributed by atoms with Crippen molar-refractivity contribution in [3.8, 4) is 0 Å². The van der Waals surface area contributed by atoms with Crippen molar-refractivity contribution in [1.82, 2.24) is 10.3 Å². The van der Waals surface area contributed by atoms with Gasteiger partial charge in [0.05, 0.1) is 12.1 Å². The summed E-state index contributed by atoms with van der Waals surface area (Å²) in [5, 5.41) is 4.77. The highest BCUT2D eigenvalue weighted by molar-refractivity contribution is 6.31. The molecule has 0 atom stereocenters. The standard InChI is InChI=1S/C20H24ClN3O2/c1-2-26-19(25)22-16-12-20(13-16)7-9-24(10-8-20)18-6-3-14-11-15(21)4-5-17(14)23-18/h3-6,11,16H,2,7-10,12-13H2,1H3,(H,22,25). The average molecular weight is 374 g/mol. The van der Waals surface area contributed by atoms with Crippen molar-refractivity contribution in [2.45, 2.75) is 38.6 Å². The minimum Gasteiger partial charge on any atom is -0.450 e. The Labute approximate surface area is 158 Å². The molecule has 1 saturated heterocycles. The lowest BCUT2D eigenvalue weighted by Crippen LogP contribution is -2.55. The summed E-state index contributed by atoms with van der Waals surface area (Å²) in [5.41, 5.74) is 1.36. The van der Waals surface area contributed by atoms with Crippen LogP contribution in [-0.2, 0) is 4.74 Å². The van der Waals surface area contributed by atoms with Gasteiger partial charge in [0, 0.05) is 29.5 Å². The summed E-state index contributed by atoms with van der Waals surface area (Å²) in [7, 11) is 0. The zero-order valence-corrected chi connectivity index (χ0v) is 15.8. The van der Waals surface area contributed by atoms with Crippen LogP contribution in [0, 0.1) is 5.41 Å². The minimum absolute atomic E-state index is 0.268. The molecule has 1 N–H and O–H groups in total. The number of pyridine rings is 1. The molecule has 0 bridgehead atoms. The van der Waals surface area contributed by atoms with Gasteiger partial charge in [-0.15, -0.1) is 0 Å². The fourth-order valence-corrected chi connectivity index (χ4v) is 4.49. The summed E-state index contributed by atoms with van der Waals surface area (Å²) in [6, 6.07) is 10.3. The maximum Gasteiger partial charge on any atom is 0.407 e. The predicted molar refractivity (Wildman–Crippen MR) is 104 cm³/mol. The Hall–Kier alpha value is -2.01. The number of carbonyl (C=O) groups excluding carboxylic acids is 1. The van der Waals surface area contributed by atoms with Crippen LogP contribution >= 0.6 is 11.6 Å². The van der Waals surface area contributed by atoms with E-state index < -0.39 is 0 Å². The maximum atomic E-state index is 11.5. The van der Waals surface area contributed by atoms with E-state index in [1.54, 1.807) is 0 Å². The van der Waals surface area contributed by atoms with Gasteiger partial charge in [0.2, 0.25) is 0 Å². The van der Waals surface area contributed by atoms with Gasteiger partial charge in [-0.1, -0.05) is 11.6 Å². The van der Waals surface area contributed by atoms with Crippen molar-refractivity contribution in [2.75, 3.05) is 24.6 Å². The number of piperidine rings is 1. The van der Waals surface area contributed by atoms with Gasteiger partial charge in [-0.25, -0.2) is 9.78 Å². The lowest BCUT2D eigenvalue weighted by molar-refractivity contribution is 0.0487. The molecule has 1 aromatic carbocycles. The van der Waals surface area contributed by atoms with E-state index in [1.165, 1.54) is 0 Å². The van der Waals surface area contributed by atoms with E-state index in [1.807, 2.05) is 25.1 Å². The molecular formula is C20H24ClN3O2. The number of rotatable bonds is 3. The SMILES string of the molecule is CCOC(=O)NC1CC2(CCN(c3ccc4cc(Cl)ccc4n3)CC2)C1. The lowest BCUT2D eigenvalue weighted by atomic mass is 9.60. The van der Waals surface area contributed by atoms with Gasteiger partial charge in [0.15, 0.2) is 0 Å². The molecule has 5 nitrogen and oxygen atoms in total. The number of hydrogen-bond acceptors (Lipinski definition) is 4. The molecule has 2 aromatic rings. The number of hydrogen-bond donors (Lipinski definition) is 1. The van der Waals surface area contributed by atoms with E-state index >= 15 is 0 Å². The minimum atomic E-state index is -0.287. The number of alkyl carbamates (subject to hydrolysis) is 1. The van der Waals surface area contributed by atoms with Gasteiger partial charge >= 0.3 is 6.09 Å². The molecule has 6 heteroatoms. The molecule has 0 radical (unpaired) electrons. The highest BCUT2D eigenvalue weighted by Gasteiger charge is 2.46. The number of nitrogens with zero attached hydrogens (tertiary/aromatic N) is 2. The quantitative estimate of drug-likeness (QED) is 0.867. The number of benzene rings is 1. The van der Waals surface area contributed by atoms with Crippen molar-refractivity contribution < 1.29 is 9.53 Å². The van der Waals surface area contributed by atoms with Crippen LogP contribution in [0.5, 0.6) is 0 Å². The van der Waals surface area contributed by atoms with Gasteiger partial charge in [-0.05, 0) is 68.4 Å². The third-order valence-corrected chi connectivity index (χ3v) is 5.98. The van der Waals surface area contributed by atoms with Gasteiger partial charge < -0.3 is 15.0 Å². The average Bonchev–Trinajstić information content (AvgIpc) is 2.61. The number of amides is 1. The molecule has 2 fully saturated rings. The van der Waals surface area contributed by atoms with Crippen LogP contribution in [-0.4, -0.2) is 36.8 Å². The third kappa shape index (κ3) is 3.45. The highest BCUT2D eigenvalue weighted by Crippen LogP contribution is 2.49. The molecule has 26 heavy (non-hydrogen) atoms. The van der Waals surface area contributed by atoms with E-state index in [2.05, 4.69) is 22.3 Å². The van der Waals surface area contributed by atoms with Crippen molar-refractivity contribution in [3.63, 3.8) is 0 Å². The van der Waals surface area contributed by atoms with Crippen molar-refractivity contribution in [2.24, 2.45) is 5.41 Å². The van der Waals surface area contributed by atoms with Crippen LogP contribution < -0.4 is 10.2 Å². The van der Waals surface area contributed by atoms with E-state index in [0.29, 0.717) is 12.0 Å². The number of aromatic nitrogens is 1. The monoisotopic (exact) mass is 373 g/mol. The summed E-state index contributed by atoms with van der Waals surface area (Å²) >= 11 is 6.05. The molecule has 1 aliphatic carbocycles. The zero-order valence-electron chi connectivity index (χ0n) is 15.0. The van der Waals surface area contributed by atoms with Crippen LogP contribution in [0.2, 0.25) is 5.02 Å². The lowest BCUT2D eigenvalue weighted by Gasteiger charge is -2.52. The molecule has 2 aliphatic rings. The topological polar surface area (TPSA) is 54.5 Å². The number of halogens is 1. The number of nitrogens with one attached hydrogen (secondary N) is 1. The molecule has 1 aromatic heterocycles. The Kier molecular flexibility index (Phi) is 4.65. The first-order chi connectivity index (χ1) is 12.6. The van der Waals surface area contributed by atoms with E-state index in [0.717, 1.165) is 60.5 Å². The van der Waals surface area contributed by atoms with Gasteiger partial charge in [0.25, 0.3) is 0 Å². The van der Waals surface area contributed by atoms with Crippen molar-refractivity contribution >= 4 is 34.4 Å². The molecule has 2 heterocycles. The second-order valence-corrected chi connectivity index (χ2v) is 7.90. The Morgan fingerprint density at radius 1 is 1.31 bits per heavy atom. The number of carbonyl (C=O) groups is 1. The summed E-state index contributed by atoms with van der Waals surface area (Å²) in [6.45, 7) is 4.27. The van der Waals surface area contributed by atoms with E-state index in [4.69, 9.17) is 21.3 Å². The first kappa shape index (κ1) is 17.4. The number of fused-ring (bicyclic) bond motifs is 1. The normalized spacial score (nSPS) is 19.4. The van der Waals surface area contributed by atoms with E-state index in [9.17, 15) is 4.79 Å². The second kappa shape index (κ2) is 6.95. The first-order valence-electron chi connectivity index (χ1n) is 9.31. The van der Waals surface area contributed by atoms with E-state index in [-0.39, 0.29) is 12.1 Å². The van der Waals surface area contributed by atoms with Gasteiger partial charge in [-0.2, -0.15) is 0 Å². The van der Waals surface area contributed by atoms with Crippen molar-refractivity contribution in [3.05, 3.63) is 35.4 Å². The molecule has 1 amide bonds. The van der Waals surface area contributed by atoms with Gasteiger partial charge in [0.1, 0.15) is 5.82 Å². The highest BCUT2D eigenvalue weighted by atomic mass is 35.5. The molecular weight excluding hydrogens is 350 g/mol. The second-order valence-electron chi connectivity index (χ2n) is 7.46. The van der Waals surface area contributed by atoms with Crippen LogP contribution in [0.15, 0.2) is 30.3 Å². The fourth-order valence-electron chi connectivity index (χ4n) is 4.31. The Balaban J connectivity index is 1.34. The Morgan fingerprint density at radius 3 is 2.81 bits per heavy atom. The van der Waals surface area contributed by atoms with Crippen LogP contribution in [0.1, 0.15) is 32.6 Å². The zero-order chi connectivity index (χ0) is 18.1. The molecule has 138 valence electrons. The van der Waals surface area contributed by atoms with Crippen LogP contribution in [0.4, 0.5) is 10.6 Å². The maximum absolute atomic E-state index is 11.5. The van der Waals surface area contributed by atoms with Crippen LogP contribution in [0.25, 0.3) is 10.9 Å². The molecule has 4 rings (SSSR count). The van der Waals surface area contributed by atoms with Crippen LogP contribution in [0.3, 0.4) is 0 Å². The third-order valence-electron chi connectivity index (χ3n) is 5.74. The number of anilines is 1. The summed E-state index contributed by atoms with van der Waals surface area (Å²) in [4.78, 5) is 18.7. The predicted octanol–water partition coefficient (Wildman–Crippen LogP) is 4.38. The fraction of sp³-hybridized carbons (Fsp3) is 0.500. The summed E-state index contributed by atoms with van der Waals surface area (Å²) < 4.78 is 4.97. The molecule has 1 saturated carbocycles.